The predicted octanol–water partition coefficient (Wildman–Crippen LogP) is 3.59. The third kappa shape index (κ3) is 5.74. The third-order valence-electron chi connectivity index (χ3n) is 4.31. The molecule has 0 unspecified atom stereocenters. The van der Waals surface area contributed by atoms with Crippen molar-refractivity contribution in [2.45, 2.75) is 31.9 Å². The van der Waals surface area contributed by atoms with Crippen LogP contribution in [0.4, 0.5) is 8.78 Å². The number of alkyl halides is 2. The molecule has 0 fully saturated rings. The van der Waals surface area contributed by atoms with Crippen molar-refractivity contribution in [3.63, 3.8) is 0 Å². The van der Waals surface area contributed by atoms with Crippen LogP contribution in [0.5, 0.6) is 5.75 Å². The number of benzene rings is 2. The van der Waals surface area contributed by atoms with Gasteiger partial charge in [0.05, 0.1) is 4.90 Å². The van der Waals surface area contributed by atoms with Gasteiger partial charge < -0.3 is 9.64 Å². The second-order valence-corrected chi connectivity index (χ2v) is 8.24. The number of carbonyl (C=O) groups is 1. The first-order chi connectivity index (χ1) is 13.7. The minimum Gasteiger partial charge on any atom is -0.435 e. The average Bonchev–Trinajstić information content (AvgIpc) is 2.68. The van der Waals surface area contributed by atoms with E-state index in [1.54, 1.807) is 33.0 Å². The number of halogens is 2. The number of hydrogen-bond donors (Lipinski definition) is 0. The summed E-state index contributed by atoms with van der Waals surface area (Å²) in [5.74, 6) is -0.382. The van der Waals surface area contributed by atoms with Gasteiger partial charge in [-0.15, -0.1) is 0 Å². The van der Waals surface area contributed by atoms with E-state index >= 15 is 0 Å². The summed E-state index contributed by atoms with van der Waals surface area (Å²) in [7, 11) is -2.13. The van der Waals surface area contributed by atoms with Gasteiger partial charge in [-0.2, -0.15) is 13.1 Å². The van der Waals surface area contributed by atoms with Crippen molar-refractivity contribution in [1.82, 2.24) is 9.21 Å². The van der Waals surface area contributed by atoms with Crippen molar-refractivity contribution in [3.8, 4) is 5.75 Å². The van der Waals surface area contributed by atoms with Crippen LogP contribution < -0.4 is 4.74 Å². The summed E-state index contributed by atoms with van der Waals surface area (Å²) in [5, 5.41) is 0. The second-order valence-electron chi connectivity index (χ2n) is 6.30. The lowest BCUT2D eigenvalue weighted by Crippen LogP contribution is -2.31. The number of hydrogen-bond acceptors (Lipinski definition) is 4. The molecule has 9 heteroatoms. The summed E-state index contributed by atoms with van der Waals surface area (Å²) in [6, 6.07) is 11.9. The fraction of sp³-hybridized carbons (Fsp3) is 0.350. The molecule has 1 amide bonds. The van der Waals surface area contributed by atoms with E-state index in [0.717, 1.165) is 0 Å². The molecular formula is C20H24F2N2O4S. The van der Waals surface area contributed by atoms with Gasteiger partial charge in [-0.3, -0.25) is 4.79 Å². The smallest absolute Gasteiger partial charge is 0.387 e. The van der Waals surface area contributed by atoms with Crippen LogP contribution >= 0.6 is 0 Å². The van der Waals surface area contributed by atoms with Crippen LogP contribution in [-0.4, -0.2) is 50.3 Å². The minimum absolute atomic E-state index is 0.00524. The fourth-order valence-electron chi connectivity index (χ4n) is 2.89. The van der Waals surface area contributed by atoms with E-state index in [1.165, 1.54) is 45.6 Å². The molecular weight excluding hydrogens is 402 g/mol. The third-order valence-corrected chi connectivity index (χ3v) is 6.36. The first kappa shape index (κ1) is 22.8. The zero-order chi connectivity index (χ0) is 21.6. The van der Waals surface area contributed by atoms with Gasteiger partial charge in [-0.1, -0.05) is 32.0 Å². The summed E-state index contributed by atoms with van der Waals surface area (Å²) in [5.41, 5.74) is 0.826. The van der Waals surface area contributed by atoms with Gasteiger partial charge in [0.25, 0.3) is 5.91 Å². The highest BCUT2D eigenvalue weighted by atomic mass is 32.2. The van der Waals surface area contributed by atoms with Gasteiger partial charge in [0.15, 0.2) is 0 Å². The van der Waals surface area contributed by atoms with E-state index in [0.29, 0.717) is 18.7 Å². The zero-order valence-corrected chi connectivity index (χ0v) is 17.3. The molecule has 0 aromatic heterocycles. The molecule has 0 radical (unpaired) electrons. The molecule has 29 heavy (non-hydrogen) atoms. The van der Waals surface area contributed by atoms with E-state index in [9.17, 15) is 22.0 Å². The Kier molecular flexibility index (Phi) is 7.69. The maximum Gasteiger partial charge on any atom is 0.387 e. The SMILES string of the molecule is CCN(CC)S(=O)(=O)c1cccc(C(=O)N(C)Cc2cccc(OC(F)F)c2)c1. The Hall–Kier alpha value is -2.52. The monoisotopic (exact) mass is 426 g/mol. The van der Waals surface area contributed by atoms with Crippen LogP contribution in [0.25, 0.3) is 0 Å². The maximum atomic E-state index is 12.8. The molecule has 158 valence electrons. The molecule has 0 spiro atoms. The molecule has 0 saturated heterocycles. The van der Waals surface area contributed by atoms with Gasteiger partial charge in [-0.05, 0) is 35.9 Å². The number of sulfonamides is 1. The largest absolute Gasteiger partial charge is 0.435 e. The second kappa shape index (κ2) is 9.80. The highest BCUT2D eigenvalue weighted by molar-refractivity contribution is 7.89. The van der Waals surface area contributed by atoms with E-state index in [-0.39, 0.29) is 28.7 Å². The maximum absolute atomic E-state index is 12.8. The zero-order valence-electron chi connectivity index (χ0n) is 16.5. The molecule has 2 rings (SSSR count). The normalized spacial score (nSPS) is 11.7. The van der Waals surface area contributed by atoms with Crippen molar-refractivity contribution >= 4 is 15.9 Å². The van der Waals surface area contributed by atoms with E-state index in [2.05, 4.69) is 4.74 Å². The molecule has 0 aliphatic rings. The van der Waals surface area contributed by atoms with E-state index < -0.39 is 16.6 Å². The molecule has 0 aliphatic carbocycles. The Labute approximate surface area is 169 Å². The number of rotatable bonds is 9. The molecule has 0 N–H and O–H groups in total. The van der Waals surface area contributed by atoms with Crippen molar-refractivity contribution in [3.05, 3.63) is 59.7 Å². The lowest BCUT2D eigenvalue weighted by atomic mass is 10.1. The molecule has 0 heterocycles. The van der Waals surface area contributed by atoms with Crippen LogP contribution in [0, 0.1) is 0 Å². The number of nitrogens with zero attached hydrogens (tertiary/aromatic N) is 2. The van der Waals surface area contributed by atoms with Gasteiger partial charge >= 0.3 is 6.61 Å². The summed E-state index contributed by atoms with van der Waals surface area (Å²) in [6.45, 7) is 1.36. The standard InChI is InChI=1S/C20H24F2N2O4S/c1-4-24(5-2)29(26,27)18-11-7-9-16(13-18)19(25)23(3)14-15-8-6-10-17(12-15)28-20(21)22/h6-13,20H,4-5,14H2,1-3H3. The van der Waals surface area contributed by atoms with Crippen LogP contribution in [0.15, 0.2) is 53.4 Å². The lowest BCUT2D eigenvalue weighted by molar-refractivity contribution is -0.0499. The predicted molar refractivity (Wildman–Crippen MR) is 105 cm³/mol. The average molecular weight is 426 g/mol. The summed E-state index contributed by atoms with van der Waals surface area (Å²) in [6.07, 6.45) is 0. The topological polar surface area (TPSA) is 66.9 Å². The van der Waals surface area contributed by atoms with Crippen LogP contribution in [0.1, 0.15) is 29.8 Å². The fourth-order valence-corrected chi connectivity index (χ4v) is 4.39. The summed E-state index contributed by atoms with van der Waals surface area (Å²) in [4.78, 5) is 14.2. The van der Waals surface area contributed by atoms with Crippen molar-refractivity contribution in [1.29, 1.82) is 0 Å². The molecule has 2 aromatic carbocycles. The van der Waals surface area contributed by atoms with E-state index in [1.807, 2.05) is 0 Å². The highest BCUT2D eigenvalue weighted by Gasteiger charge is 2.23. The highest BCUT2D eigenvalue weighted by Crippen LogP contribution is 2.20. The number of ether oxygens (including phenoxy) is 1. The van der Waals surface area contributed by atoms with Gasteiger partial charge in [0, 0.05) is 32.2 Å². The van der Waals surface area contributed by atoms with Crippen LogP contribution in [0.3, 0.4) is 0 Å². The van der Waals surface area contributed by atoms with Crippen LogP contribution in [-0.2, 0) is 16.6 Å². The quantitative estimate of drug-likeness (QED) is 0.615. The lowest BCUT2D eigenvalue weighted by Gasteiger charge is -2.20. The van der Waals surface area contributed by atoms with Crippen molar-refractivity contribution < 1.29 is 26.7 Å². The Balaban J connectivity index is 2.20. The van der Waals surface area contributed by atoms with Crippen molar-refractivity contribution in [2.24, 2.45) is 0 Å². The van der Waals surface area contributed by atoms with Gasteiger partial charge in [-0.25, -0.2) is 8.42 Å². The van der Waals surface area contributed by atoms with Crippen molar-refractivity contribution in [2.75, 3.05) is 20.1 Å². The summed E-state index contributed by atoms with van der Waals surface area (Å²) < 4.78 is 55.8. The molecule has 0 bridgehead atoms. The Morgan fingerprint density at radius 2 is 1.72 bits per heavy atom. The molecule has 6 nitrogen and oxygen atoms in total. The first-order valence-electron chi connectivity index (χ1n) is 9.08. The molecule has 0 saturated carbocycles. The first-order valence-corrected chi connectivity index (χ1v) is 10.5. The molecule has 0 aliphatic heterocycles. The Bertz CT molecular complexity index is 947. The summed E-state index contributed by atoms with van der Waals surface area (Å²) >= 11 is 0. The van der Waals surface area contributed by atoms with E-state index in [4.69, 9.17) is 0 Å². The Morgan fingerprint density at radius 3 is 2.34 bits per heavy atom. The molecule has 0 atom stereocenters. The van der Waals surface area contributed by atoms with Gasteiger partial charge in [0.2, 0.25) is 10.0 Å². The minimum atomic E-state index is -3.68. The Morgan fingerprint density at radius 1 is 1.07 bits per heavy atom. The number of amides is 1. The van der Waals surface area contributed by atoms with Crippen LogP contribution in [0.2, 0.25) is 0 Å². The van der Waals surface area contributed by atoms with Gasteiger partial charge in [0.1, 0.15) is 5.75 Å². The number of carbonyl (C=O) groups excluding carboxylic acids is 1. The molecule has 2 aromatic rings.